The predicted molar refractivity (Wildman–Crippen MR) is 95.0 cm³/mol. The fourth-order valence-corrected chi connectivity index (χ4v) is 3.43. The van der Waals surface area contributed by atoms with Gasteiger partial charge in [0, 0.05) is 11.6 Å². The molecule has 10 heteroatoms. The van der Waals surface area contributed by atoms with Gasteiger partial charge in [0.05, 0.1) is 24.6 Å². The molecule has 0 spiro atoms. The highest BCUT2D eigenvalue weighted by Crippen LogP contribution is 2.34. The molecule has 0 aliphatic heterocycles. The molecule has 10 nitrogen and oxygen atoms in total. The Morgan fingerprint density at radius 1 is 0.964 bits per heavy atom. The largest absolute Gasteiger partial charge is 0.480 e. The minimum atomic E-state index is -1.46. The van der Waals surface area contributed by atoms with E-state index in [-0.39, 0.29) is 22.9 Å². The van der Waals surface area contributed by atoms with E-state index in [4.69, 9.17) is 10.2 Å². The molecule has 154 valence electrons. The van der Waals surface area contributed by atoms with Crippen molar-refractivity contribution in [1.29, 1.82) is 0 Å². The first kappa shape index (κ1) is 21.6. The Morgan fingerprint density at radius 2 is 1.50 bits per heavy atom. The Hall–Kier alpha value is -2.72. The minimum absolute atomic E-state index is 0.0940. The van der Waals surface area contributed by atoms with Gasteiger partial charge in [0.1, 0.15) is 12.1 Å². The van der Waals surface area contributed by atoms with E-state index in [2.05, 4.69) is 10.6 Å². The van der Waals surface area contributed by atoms with Gasteiger partial charge in [0.25, 0.3) is 0 Å². The Balaban J connectivity index is 2.41. The Morgan fingerprint density at radius 3 is 2.00 bits per heavy atom. The van der Waals surface area contributed by atoms with Crippen molar-refractivity contribution in [3.63, 3.8) is 0 Å². The van der Waals surface area contributed by atoms with Crippen molar-refractivity contribution >= 4 is 23.5 Å². The van der Waals surface area contributed by atoms with Crippen molar-refractivity contribution in [3.8, 4) is 0 Å². The SMILES string of the molecule is O=C1C=C(N[C@@H](CO)C(=O)O)C(=O)C(C2CCCCC2)=C1N[C@@H](CO)C(=O)O. The standard InChI is InChI=1S/C18H24N2O8/c21-7-11(17(25)26)19-10-6-13(23)15(20-12(8-22)18(27)28)14(16(10)24)9-4-2-1-3-5-9/h6,9,11-12,19-22H,1-5,7-8H2,(H,25,26)(H,27,28)/t11-,12-/m0/s1. The Labute approximate surface area is 160 Å². The number of rotatable bonds is 9. The maximum atomic E-state index is 13.0. The molecule has 0 heterocycles. The number of hydrogen-bond donors (Lipinski definition) is 6. The summed E-state index contributed by atoms with van der Waals surface area (Å²) in [4.78, 5) is 48.0. The lowest BCUT2D eigenvalue weighted by Gasteiger charge is -2.30. The molecule has 2 atom stereocenters. The van der Waals surface area contributed by atoms with E-state index in [1.807, 2.05) is 0 Å². The Bertz CT molecular complexity index is 721. The number of allylic oxidation sites excluding steroid dienone is 2. The topological polar surface area (TPSA) is 173 Å². The lowest BCUT2D eigenvalue weighted by atomic mass is 9.78. The maximum absolute atomic E-state index is 13.0. The fraction of sp³-hybridized carbons (Fsp3) is 0.556. The zero-order valence-corrected chi connectivity index (χ0v) is 15.2. The van der Waals surface area contributed by atoms with Gasteiger partial charge in [-0.3, -0.25) is 9.59 Å². The summed E-state index contributed by atoms with van der Waals surface area (Å²) in [5.74, 6) is -4.36. The second-order valence-corrected chi connectivity index (χ2v) is 6.81. The van der Waals surface area contributed by atoms with Gasteiger partial charge in [-0.1, -0.05) is 19.3 Å². The van der Waals surface area contributed by atoms with E-state index < -0.39 is 48.8 Å². The molecule has 2 aliphatic carbocycles. The third kappa shape index (κ3) is 4.76. The van der Waals surface area contributed by atoms with Gasteiger partial charge in [-0.25, -0.2) is 9.59 Å². The van der Waals surface area contributed by atoms with Crippen LogP contribution in [-0.2, 0) is 19.2 Å². The molecule has 0 aromatic carbocycles. The lowest BCUT2D eigenvalue weighted by Crippen LogP contribution is -2.46. The van der Waals surface area contributed by atoms with Gasteiger partial charge in [-0.15, -0.1) is 0 Å². The molecular weight excluding hydrogens is 372 g/mol. The Kier molecular flexibility index (Phi) is 7.30. The van der Waals surface area contributed by atoms with E-state index in [1.54, 1.807) is 0 Å². The second kappa shape index (κ2) is 9.47. The van der Waals surface area contributed by atoms with Crippen LogP contribution in [0, 0.1) is 5.92 Å². The summed E-state index contributed by atoms with van der Waals surface area (Å²) in [6, 6.07) is -2.92. The number of carboxylic acids is 2. The number of aliphatic carboxylic acids is 2. The second-order valence-electron chi connectivity index (χ2n) is 6.81. The van der Waals surface area contributed by atoms with E-state index in [9.17, 15) is 29.4 Å². The minimum Gasteiger partial charge on any atom is -0.480 e. The number of carbonyl (C=O) groups is 4. The summed E-state index contributed by atoms with van der Waals surface area (Å²) in [6.07, 6.45) is 4.81. The van der Waals surface area contributed by atoms with E-state index in [0.29, 0.717) is 12.8 Å². The number of hydrogen-bond acceptors (Lipinski definition) is 8. The third-order valence-corrected chi connectivity index (χ3v) is 4.90. The molecule has 0 amide bonds. The lowest BCUT2D eigenvalue weighted by molar-refractivity contribution is -0.141. The summed E-state index contributed by atoms with van der Waals surface area (Å²) in [7, 11) is 0. The average molecular weight is 396 g/mol. The van der Waals surface area contributed by atoms with Crippen LogP contribution in [0.5, 0.6) is 0 Å². The van der Waals surface area contributed by atoms with E-state index in [1.165, 1.54) is 0 Å². The number of carboxylic acid groups (broad SMARTS) is 2. The highest BCUT2D eigenvalue weighted by molar-refractivity contribution is 6.22. The quantitative estimate of drug-likeness (QED) is 0.263. The highest BCUT2D eigenvalue weighted by Gasteiger charge is 2.37. The molecule has 28 heavy (non-hydrogen) atoms. The first-order valence-corrected chi connectivity index (χ1v) is 9.05. The first-order chi connectivity index (χ1) is 13.3. The van der Waals surface area contributed by atoms with Crippen molar-refractivity contribution in [2.24, 2.45) is 5.92 Å². The van der Waals surface area contributed by atoms with Crippen LogP contribution < -0.4 is 10.6 Å². The average Bonchev–Trinajstić information content (AvgIpc) is 2.67. The van der Waals surface area contributed by atoms with E-state index >= 15 is 0 Å². The molecule has 2 rings (SSSR count). The molecule has 0 aromatic rings. The van der Waals surface area contributed by atoms with Crippen LogP contribution in [0.3, 0.4) is 0 Å². The smallest absolute Gasteiger partial charge is 0.328 e. The summed E-state index contributed by atoms with van der Waals surface area (Å²) >= 11 is 0. The summed E-state index contributed by atoms with van der Waals surface area (Å²) in [5, 5.41) is 41.5. The number of aliphatic hydroxyl groups is 2. The van der Waals surface area contributed by atoms with Crippen LogP contribution in [0.1, 0.15) is 32.1 Å². The van der Waals surface area contributed by atoms with Gasteiger partial charge in [-0.05, 0) is 18.8 Å². The molecule has 0 unspecified atom stereocenters. The van der Waals surface area contributed by atoms with Gasteiger partial charge in [0.15, 0.2) is 0 Å². The first-order valence-electron chi connectivity index (χ1n) is 9.05. The number of Topliss-reactive ketones (excluding diaryl/α,β-unsaturated/α-hetero) is 1. The molecule has 6 N–H and O–H groups in total. The monoisotopic (exact) mass is 396 g/mol. The van der Waals surface area contributed by atoms with Crippen LogP contribution in [-0.4, -0.2) is 69.2 Å². The van der Waals surface area contributed by atoms with Crippen LogP contribution in [0.15, 0.2) is 23.0 Å². The molecular formula is C18H24N2O8. The van der Waals surface area contributed by atoms with Gasteiger partial charge >= 0.3 is 11.9 Å². The fourth-order valence-electron chi connectivity index (χ4n) is 3.43. The molecule has 0 radical (unpaired) electrons. The van der Waals surface area contributed by atoms with Crippen LogP contribution >= 0.6 is 0 Å². The molecule has 0 bridgehead atoms. The number of aliphatic hydroxyl groups excluding tert-OH is 2. The summed E-state index contributed by atoms with van der Waals surface area (Å²) < 4.78 is 0. The van der Waals surface area contributed by atoms with Crippen LogP contribution in [0.25, 0.3) is 0 Å². The number of carbonyl (C=O) groups excluding carboxylic acids is 2. The van der Waals surface area contributed by atoms with Crippen molar-refractivity contribution in [2.75, 3.05) is 13.2 Å². The van der Waals surface area contributed by atoms with Crippen molar-refractivity contribution < 1.29 is 39.6 Å². The zero-order valence-electron chi connectivity index (χ0n) is 15.2. The molecule has 0 saturated heterocycles. The highest BCUT2D eigenvalue weighted by atomic mass is 16.4. The number of nitrogens with one attached hydrogen (secondary N) is 2. The van der Waals surface area contributed by atoms with Gasteiger partial charge in [-0.2, -0.15) is 0 Å². The summed E-state index contributed by atoms with van der Waals surface area (Å²) in [5.41, 5.74) is -0.343. The van der Waals surface area contributed by atoms with Crippen LogP contribution in [0.2, 0.25) is 0 Å². The van der Waals surface area contributed by atoms with E-state index in [0.717, 1.165) is 25.3 Å². The van der Waals surface area contributed by atoms with Crippen molar-refractivity contribution in [3.05, 3.63) is 23.0 Å². The van der Waals surface area contributed by atoms with Crippen molar-refractivity contribution in [2.45, 2.75) is 44.2 Å². The molecule has 0 aromatic heterocycles. The summed E-state index contributed by atoms with van der Waals surface area (Å²) in [6.45, 7) is -1.56. The molecule has 1 saturated carbocycles. The normalized spacial score (nSPS) is 20.4. The molecule has 2 aliphatic rings. The van der Waals surface area contributed by atoms with Crippen molar-refractivity contribution in [1.82, 2.24) is 10.6 Å². The van der Waals surface area contributed by atoms with Gasteiger partial charge in [0.2, 0.25) is 11.6 Å². The van der Waals surface area contributed by atoms with Gasteiger partial charge < -0.3 is 31.1 Å². The zero-order chi connectivity index (χ0) is 20.8. The predicted octanol–water partition coefficient (Wildman–Crippen LogP) is -1.07. The maximum Gasteiger partial charge on any atom is 0.328 e. The molecule has 1 fully saturated rings. The van der Waals surface area contributed by atoms with Crippen LogP contribution in [0.4, 0.5) is 0 Å². The number of ketones is 2. The third-order valence-electron chi connectivity index (χ3n) is 4.90.